The molecule has 1 amide bonds. The number of hydrogen-bond acceptors (Lipinski definition) is 5. The third-order valence-corrected chi connectivity index (χ3v) is 5.95. The molecule has 3 heterocycles. The quantitative estimate of drug-likeness (QED) is 0.749. The van der Waals surface area contributed by atoms with Gasteiger partial charge < -0.3 is 10.1 Å². The molecule has 0 radical (unpaired) electrons. The molecule has 1 aliphatic rings. The average molecular weight is 382 g/mol. The lowest BCUT2D eigenvalue weighted by Crippen LogP contribution is -2.37. The van der Waals surface area contributed by atoms with E-state index in [0.717, 1.165) is 40.3 Å². The van der Waals surface area contributed by atoms with Gasteiger partial charge in [0.05, 0.1) is 23.2 Å². The second-order valence-electron chi connectivity index (χ2n) is 6.91. The summed E-state index contributed by atoms with van der Waals surface area (Å²) in [7, 11) is 1.67. The van der Waals surface area contributed by atoms with E-state index in [4.69, 9.17) is 9.72 Å². The van der Waals surface area contributed by atoms with Gasteiger partial charge in [-0.25, -0.2) is 4.98 Å². The molecule has 0 spiro atoms. The Balaban J connectivity index is 1.76. The number of aromatic nitrogens is 1. The maximum absolute atomic E-state index is 11.8. The van der Waals surface area contributed by atoms with Crippen molar-refractivity contribution in [2.24, 2.45) is 0 Å². The summed E-state index contributed by atoms with van der Waals surface area (Å²) in [6.45, 7) is 4.39. The van der Waals surface area contributed by atoms with Crippen LogP contribution in [-0.2, 0) is 11.3 Å². The fraction of sp³-hybridized carbons (Fsp3) is 0.333. The predicted molar refractivity (Wildman–Crippen MR) is 109 cm³/mol. The first-order valence-electron chi connectivity index (χ1n) is 9.16. The van der Waals surface area contributed by atoms with E-state index in [0.29, 0.717) is 19.0 Å². The Bertz CT molecular complexity index is 955. The van der Waals surface area contributed by atoms with Crippen LogP contribution in [0.4, 0.5) is 0 Å². The SMILES string of the molecule is COc1ccc2cc(CN3CCC(=O)NC[C@H]3C)c(-c3cccs3)nc2c1. The lowest BCUT2D eigenvalue weighted by atomic mass is 10.1. The van der Waals surface area contributed by atoms with E-state index >= 15 is 0 Å². The van der Waals surface area contributed by atoms with Gasteiger partial charge in [-0.15, -0.1) is 11.3 Å². The number of carbonyl (C=O) groups excluding carboxylic acids is 1. The molecule has 27 heavy (non-hydrogen) atoms. The molecule has 1 aliphatic heterocycles. The number of benzene rings is 1. The summed E-state index contributed by atoms with van der Waals surface area (Å²) < 4.78 is 5.36. The highest BCUT2D eigenvalue weighted by Crippen LogP contribution is 2.31. The van der Waals surface area contributed by atoms with Gasteiger partial charge in [-0.3, -0.25) is 9.69 Å². The van der Waals surface area contributed by atoms with Crippen LogP contribution in [-0.4, -0.2) is 42.0 Å². The van der Waals surface area contributed by atoms with E-state index in [9.17, 15) is 4.79 Å². The number of thiophene rings is 1. The molecule has 0 saturated carbocycles. The van der Waals surface area contributed by atoms with Crippen LogP contribution in [0.5, 0.6) is 5.75 Å². The minimum Gasteiger partial charge on any atom is -0.497 e. The van der Waals surface area contributed by atoms with Crippen LogP contribution >= 0.6 is 11.3 Å². The third-order valence-electron chi connectivity index (χ3n) is 5.08. The van der Waals surface area contributed by atoms with Crippen molar-refractivity contribution in [1.82, 2.24) is 15.2 Å². The molecule has 1 atom stereocenters. The van der Waals surface area contributed by atoms with Crippen molar-refractivity contribution < 1.29 is 9.53 Å². The van der Waals surface area contributed by atoms with Crippen molar-refractivity contribution in [2.45, 2.75) is 25.9 Å². The van der Waals surface area contributed by atoms with Crippen LogP contribution in [0.2, 0.25) is 0 Å². The second kappa shape index (κ2) is 7.66. The van der Waals surface area contributed by atoms with Crippen molar-refractivity contribution in [3.05, 3.63) is 47.3 Å². The van der Waals surface area contributed by atoms with E-state index in [1.807, 2.05) is 12.1 Å². The number of hydrogen-bond donors (Lipinski definition) is 1. The summed E-state index contributed by atoms with van der Waals surface area (Å²) in [5, 5.41) is 6.16. The van der Waals surface area contributed by atoms with E-state index in [-0.39, 0.29) is 5.91 Å². The molecule has 140 valence electrons. The first-order chi connectivity index (χ1) is 13.1. The van der Waals surface area contributed by atoms with Crippen molar-refractivity contribution in [1.29, 1.82) is 0 Å². The maximum Gasteiger partial charge on any atom is 0.221 e. The van der Waals surface area contributed by atoms with Gasteiger partial charge in [-0.1, -0.05) is 6.07 Å². The van der Waals surface area contributed by atoms with E-state index in [1.165, 1.54) is 5.56 Å². The molecule has 1 aromatic carbocycles. The Morgan fingerprint density at radius 3 is 3.00 bits per heavy atom. The number of pyridine rings is 1. The molecule has 4 rings (SSSR count). The molecule has 5 nitrogen and oxygen atoms in total. The zero-order chi connectivity index (χ0) is 18.8. The van der Waals surface area contributed by atoms with Crippen molar-refractivity contribution >= 4 is 28.1 Å². The average Bonchev–Trinajstić information content (AvgIpc) is 3.17. The predicted octanol–water partition coefficient (Wildman–Crippen LogP) is 3.68. The molecule has 1 saturated heterocycles. The van der Waals surface area contributed by atoms with Crippen LogP contribution in [0.1, 0.15) is 18.9 Å². The molecule has 1 fully saturated rings. The first kappa shape index (κ1) is 17.9. The van der Waals surface area contributed by atoms with Crippen LogP contribution in [0.15, 0.2) is 41.8 Å². The Labute approximate surface area is 163 Å². The summed E-state index contributed by atoms with van der Waals surface area (Å²) in [5.41, 5.74) is 3.14. The minimum atomic E-state index is 0.131. The van der Waals surface area contributed by atoms with Crippen LogP contribution in [0.3, 0.4) is 0 Å². The Hall–Kier alpha value is -2.44. The molecule has 2 aromatic heterocycles. The number of rotatable bonds is 4. The summed E-state index contributed by atoms with van der Waals surface area (Å²) in [4.78, 5) is 20.3. The van der Waals surface area contributed by atoms with Crippen LogP contribution < -0.4 is 10.1 Å². The zero-order valence-corrected chi connectivity index (χ0v) is 16.4. The van der Waals surface area contributed by atoms with Gasteiger partial charge in [-0.05, 0) is 42.1 Å². The van der Waals surface area contributed by atoms with Gasteiger partial charge in [0.15, 0.2) is 0 Å². The highest BCUT2D eigenvalue weighted by atomic mass is 32.1. The number of amides is 1. The molecule has 6 heteroatoms. The summed E-state index contributed by atoms with van der Waals surface area (Å²) in [6, 6.07) is 12.7. The zero-order valence-electron chi connectivity index (χ0n) is 15.6. The summed E-state index contributed by atoms with van der Waals surface area (Å²) in [5.74, 6) is 0.942. The maximum atomic E-state index is 11.8. The molecule has 3 aromatic rings. The lowest BCUT2D eigenvalue weighted by Gasteiger charge is -2.27. The number of nitrogens with one attached hydrogen (secondary N) is 1. The van der Waals surface area contributed by atoms with E-state index in [2.05, 4.69) is 46.8 Å². The Kier molecular flexibility index (Phi) is 5.09. The van der Waals surface area contributed by atoms with Crippen LogP contribution in [0.25, 0.3) is 21.5 Å². The third kappa shape index (κ3) is 3.82. The minimum absolute atomic E-state index is 0.131. The highest BCUT2D eigenvalue weighted by molar-refractivity contribution is 7.13. The number of ether oxygens (including phenoxy) is 1. The fourth-order valence-corrected chi connectivity index (χ4v) is 4.21. The molecule has 0 aliphatic carbocycles. The van der Waals surface area contributed by atoms with Crippen LogP contribution in [0, 0.1) is 0 Å². The van der Waals surface area contributed by atoms with Gasteiger partial charge in [0.25, 0.3) is 0 Å². The van der Waals surface area contributed by atoms with Gasteiger partial charge >= 0.3 is 0 Å². The van der Waals surface area contributed by atoms with Crippen molar-refractivity contribution in [3.8, 4) is 16.3 Å². The smallest absolute Gasteiger partial charge is 0.221 e. The standard InChI is InChI=1S/C21H23N3O2S/c1-14-12-22-20(25)7-8-24(14)13-16-10-15-5-6-17(26-2)11-18(15)23-21(16)19-4-3-9-27-19/h3-6,9-11,14H,7-8,12-13H2,1-2H3,(H,22,25)/t14-/m1/s1. The highest BCUT2D eigenvalue weighted by Gasteiger charge is 2.22. The van der Waals surface area contributed by atoms with Crippen molar-refractivity contribution in [3.63, 3.8) is 0 Å². The first-order valence-corrected chi connectivity index (χ1v) is 10.0. The molecule has 0 bridgehead atoms. The molecular formula is C21H23N3O2S. The lowest BCUT2D eigenvalue weighted by molar-refractivity contribution is -0.120. The summed E-state index contributed by atoms with van der Waals surface area (Å²) in [6.07, 6.45) is 0.539. The normalized spacial score (nSPS) is 18.3. The van der Waals surface area contributed by atoms with E-state index < -0.39 is 0 Å². The van der Waals surface area contributed by atoms with Gasteiger partial charge in [-0.2, -0.15) is 0 Å². The molecule has 0 unspecified atom stereocenters. The summed E-state index contributed by atoms with van der Waals surface area (Å²) >= 11 is 1.70. The monoisotopic (exact) mass is 381 g/mol. The van der Waals surface area contributed by atoms with Crippen molar-refractivity contribution in [2.75, 3.05) is 20.2 Å². The largest absolute Gasteiger partial charge is 0.497 e. The molecular weight excluding hydrogens is 358 g/mol. The Morgan fingerprint density at radius 1 is 1.33 bits per heavy atom. The second-order valence-corrected chi connectivity index (χ2v) is 7.85. The fourth-order valence-electron chi connectivity index (χ4n) is 3.46. The number of methoxy groups -OCH3 is 1. The molecule has 1 N–H and O–H groups in total. The number of fused-ring (bicyclic) bond motifs is 1. The van der Waals surface area contributed by atoms with E-state index in [1.54, 1.807) is 18.4 Å². The number of carbonyl (C=O) groups is 1. The topological polar surface area (TPSA) is 54.5 Å². The van der Waals surface area contributed by atoms with Gasteiger partial charge in [0.1, 0.15) is 5.75 Å². The van der Waals surface area contributed by atoms with Gasteiger partial charge in [0.2, 0.25) is 5.91 Å². The Morgan fingerprint density at radius 2 is 2.22 bits per heavy atom. The van der Waals surface area contributed by atoms with Gasteiger partial charge in [0, 0.05) is 43.5 Å². The number of nitrogens with zero attached hydrogens (tertiary/aromatic N) is 2.